The molecule has 1 aromatic carbocycles. The Labute approximate surface area is 78.5 Å². The van der Waals surface area contributed by atoms with Crippen molar-refractivity contribution in [1.82, 2.24) is 0 Å². The van der Waals surface area contributed by atoms with Crippen molar-refractivity contribution in [2.75, 3.05) is 6.54 Å². The van der Waals surface area contributed by atoms with Crippen LogP contribution in [0.1, 0.15) is 5.56 Å². The molecule has 0 amide bonds. The molecule has 0 bridgehead atoms. The summed E-state index contributed by atoms with van der Waals surface area (Å²) >= 11 is 0. The fourth-order valence-corrected chi connectivity index (χ4v) is 0.987. The van der Waals surface area contributed by atoms with Gasteiger partial charge in [0.05, 0.1) is 6.54 Å². The van der Waals surface area contributed by atoms with Crippen molar-refractivity contribution in [2.45, 2.75) is 11.8 Å². The molecule has 0 saturated heterocycles. The Morgan fingerprint density at radius 1 is 1.00 bits per heavy atom. The van der Waals surface area contributed by atoms with Crippen LogP contribution < -0.4 is 5.73 Å². The first-order valence-electron chi connectivity index (χ1n) is 3.93. The van der Waals surface area contributed by atoms with Crippen molar-refractivity contribution >= 4 is 0 Å². The maximum Gasteiger partial charge on any atom is 0.336 e. The third kappa shape index (κ3) is 1.72. The van der Waals surface area contributed by atoms with Gasteiger partial charge in [-0.2, -0.15) is 17.6 Å². The fourth-order valence-electron chi connectivity index (χ4n) is 0.987. The molecule has 0 aliphatic heterocycles. The van der Waals surface area contributed by atoms with E-state index in [9.17, 15) is 17.6 Å². The second-order valence-electron chi connectivity index (χ2n) is 2.85. The topological polar surface area (TPSA) is 26.0 Å². The van der Waals surface area contributed by atoms with E-state index in [1.165, 1.54) is 18.2 Å². The summed E-state index contributed by atoms with van der Waals surface area (Å²) in [6, 6.07) is 5.92. The molecule has 0 atom stereocenters. The van der Waals surface area contributed by atoms with Crippen molar-refractivity contribution in [3.63, 3.8) is 0 Å². The monoisotopic (exact) mass is 207 g/mol. The first-order valence-corrected chi connectivity index (χ1v) is 3.93. The zero-order valence-corrected chi connectivity index (χ0v) is 7.18. The van der Waals surface area contributed by atoms with Crippen molar-refractivity contribution in [2.24, 2.45) is 5.73 Å². The Kier molecular flexibility index (Phi) is 2.80. The Balaban J connectivity index is 3.08. The van der Waals surface area contributed by atoms with Gasteiger partial charge in [0, 0.05) is 5.56 Å². The molecular formula is C9H9F4N. The number of hydrogen-bond acceptors (Lipinski definition) is 1. The van der Waals surface area contributed by atoms with E-state index in [-0.39, 0.29) is 0 Å². The molecule has 5 heteroatoms. The van der Waals surface area contributed by atoms with Gasteiger partial charge < -0.3 is 5.73 Å². The first kappa shape index (κ1) is 11.0. The van der Waals surface area contributed by atoms with Gasteiger partial charge in [0.2, 0.25) is 0 Å². The largest absolute Gasteiger partial charge is 0.336 e. The lowest BCUT2D eigenvalue weighted by molar-refractivity contribution is -0.209. The van der Waals surface area contributed by atoms with E-state index in [4.69, 9.17) is 0 Å². The summed E-state index contributed by atoms with van der Waals surface area (Å²) in [7, 11) is 0. The maximum atomic E-state index is 13.1. The van der Waals surface area contributed by atoms with Crippen LogP contribution in [0.5, 0.6) is 0 Å². The quantitative estimate of drug-likeness (QED) is 0.756. The minimum atomic E-state index is -4.22. The smallest absolute Gasteiger partial charge is 0.325 e. The molecular weight excluding hydrogens is 198 g/mol. The summed E-state index contributed by atoms with van der Waals surface area (Å²) in [5.74, 6) is -8.43. The van der Waals surface area contributed by atoms with Gasteiger partial charge in [-0.05, 0) is 0 Å². The highest BCUT2D eigenvalue weighted by Gasteiger charge is 2.56. The summed E-state index contributed by atoms with van der Waals surface area (Å²) < 4.78 is 51.7. The third-order valence-corrected chi connectivity index (χ3v) is 1.85. The molecule has 0 aliphatic rings. The number of alkyl halides is 4. The van der Waals surface area contributed by atoms with Crippen LogP contribution in [-0.4, -0.2) is 12.5 Å². The molecule has 0 radical (unpaired) electrons. The Bertz CT molecular complexity index is 297. The number of nitrogens with two attached hydrogens (primary N) is 1. The maximum absolute atomic E-state index is 13.1. The molecule has 0 saturated carbocycles. The molecule has 1 nitrogen and oxygen atoms in total. The molecule has 78 valence electrons. The lowest BCUT2D eigenvalue weighted by Gasteiger charge is -2.25. The van der Waals surface area contributed by atoms with Crippen molar-refractivity contribution in [3.8, 4) is 0 Å². The average molecular weight is 207 g/mol. The molecule has 1 rings (SSSR count). The van der Waals surface area contributed by atoms with E-state index >= 15 is 0 Å². The van der Waals surface area contributed by atoms with Crippen LogP contribution in [0.25, 0.3) is 0 Å². The third-order valence-electron chi connectivity index (χ3n) is 1.85. The average Bonchev–Trinajstić information content (AvgIpc) is 2.19. The molecule has 14 heavy (non-hydrogen) atoms. The van der Waals surface area contributed by atoms with Crippen LogP contribution >= 0.6 is 0 Å². The van der Waals surface area contributed by atoms with Crippen LogP contribution in [0.2, 0.25) is 0 Å². The Morgan fingerprint density at radius 3 is 1.93 bits per heavy atom. The van der Waals surface area contributed by atoms with Gasteiger partial charge in [0.25, 0.3) is 0 Å². The minimum Gasteiger partial charge on any atom is -0.325 e. The predicted octanol–water partition coefficient (Wildman–Crippen LogP) is 2.37. The highest BCUT2D eigenvalue weighted by atomic mass is 19.3. The zero-order valence-electron chi connectivity index (χ0n) is 7.18. The van der Waals surface area contributed by atoms with Crippen LogP contribution in [0, 0.1) is 0 Å². The van der Waals surface area contributed by atoms with Crippen molar-refractivity contribution in [1.29, 1.82) is 0 Å². The second kappa shape index (κ2) is 3.57. The van der Waals surface area contributed by atoms with Gasteiger partial charge in [0.15, 0.2) is 0 Å². The van der Waals surface area contributed by atoms with Gasteiger partial charge in [-0.15, -0.1) is 0 Å². The van der Waals surface area contributed by atoms with Gasteiger partial charge >= 0.3 is 11.8 Å². The molecule has 1 aromatic rings. The molecule has 0 fully saturated rings. The lowest BCUT2D eigenvalue weighted by atomic mass is 10.0. The van der Waals surface area contributed by atoms with E-state index in [0.717, 1.165) is 12.1 Å². The van der Waals surface area contributed by atoms with Crippen LogP contribution in [0.4, 0.5) is 17.6 Å². The highest BCUT2D eigenvalue weighted by Crippen LogP contribution is 2.41. The van der Waals surface area contributed by atoms with Crippen LogP contribution in [-0.2, 0) is 5.92 Å². The van der Waals surface area contributed by atoms with E-state index in [2.05, 4.69) is 5.73 Å². The molecule has 0 spiro atoms. The predicted molar refractivity (Wildman–Crippen MR) is 44.3 cm³/mol. The SMILES string of the molecule is NCC(F)(F)C(F)(F)c1ccccc1. The van der Waals surface area contributed by atoms with E-state index in [1.54, 1.807) is 0 Å². The standard InChI is InChI=1S/C9H9F4N/c10-8(11,6-14)9(12,13)7-4-2-1-3-5-7/h1-5H,6,14H2. The number of hydrogen-bond donors (Lipinski definition) is 1. The Morgan fingerprint density at radius 2 is 1.50 bits per heavy atom. The van der Waals surface area contributed by atoms with Crippen molar-refractivity contribution in [3.05, 3.63) is 35.9 Å². The summed E-state index contributed by atoms with van der Waals surface area (Å²) in [4.78, 5) is 0. The number of benzene rings is 1. The molecule has 0 unspecified atom stereocenters. The number of rotatable bonds is 3. The summed E-state index contributed by atoms with van der Waals surface area (Å²) in [6.07, 6.45) is 0. The fraction of sp³-hybridized carbons (Fsp3) is 0.333. The number of halogens is 4. The highest BCUT2D eigenvalue weighted by molar-refractivity contribution is 5.22. The van der Waals surface area contributed by atoms with Crippen molar-refractivity contribution < 1.29 is 17.6 Å². The minimum absolute atomic E-state index is 0.726. The lowest BCUT2D eigenvalue weighted by Crippen LogP contribution is -2.44. The summed E-state index contributed by atoms with van der Waals surface area (Å²) in [5.41, 5.74) is 3.87. The van der Waals surface area contributed by atoms with Gasteiger partial charge in [-0.1, -0.05) is 30.3 Å². The molecule has 0 heterocycles. The normalized spacial score (nSPS) is 12.9. The van der Waals surface area contributed by atoms with E-state index < -0.39 is 24.0 Å². The van der Waals surface area contributed by atoms with Gasteiger partial charge in [-0.25, -0.2) is 0 Å². The van der Waals surface area contributed by atoms with Gasteiger partial charge in [-0.3, -0.25) is 0 Å². The molecule has 0 aliphatic carbocycles. The molecule has 0 aromatic heterocycles. The zero-order chi connectivity index (χ0) is 10.8. The van der Waals surface area contributed by atoms with E-state index in [0.29, 0.717) is 0 Å². The van der Waals surface area contributed by atoms with E-state index in [1.807, 2.05) is 0 Å². The first-order chi connectivity index (χ1) is 6.42. The summed E-state index contributed by atoms with van der Waals surface area (Å²) in [5, 5.41) is 0. The Hall–Kier alpha value is -1.10. The van der Waals surface area contributed by atoms with Crippen LogP contribution in [0.15, 0.2) is 30.3 Å². The van der Waals surface area contributed by atoms with Crippen LogP contribution in [0.3, 0.4) is 0 Å². The van der Waals surface area contributed by atoms with Gasteiger partial charge in [0.1, 0.15) is 0 Å². The summed E-state index contributed by atoms with van der Waals surface area (Å²) in [6.45, 7) is -1.38. The second-order valence-corrected chi connectivity index (χ2v) is 2.85. The molecule has 2 N–H and O–H groups in total.